The first-order valence-electron chi connectivity index (χ1n) is 8.16. The van der Waals surface area contributed by atoms with Gasteiger partial charge in [0.15, 0.2) is 0 Å². The van der Waals surface area contributed by atoms with Crippen LogP contribution in [0.15, 0.2) is 0 Å². The number of amides is 1. The average Bonchev–Trinajstić information content (AvgIpc) is 2.54. The SMILES string of the molecule is CCCC(=O)OCC(CC)(COCCOC)COC(=O)NCC. The fourth-order valence-electron chi connectivity index (χ4n) is 1.79. The minimum atomic E-state index is -0.553. The zero-order valence-electron chi connectivity index (χ0n) is 14.8. The summed E-state index contributed by atoms with van der Waals surface area (Å²) in [7, 11) is 1.60. The monoisotopic (exact) mass is 333 g/mol. The number of hydrogen-bond acceptors (Lipinski definition) is 6. The molecule has 0 saturated carbocycles. The second-order valence-electron chi connectivity index (χ2n) is 5.42. The average molecular weight is 333 g/mol. The lowest BCUT2D eigenvalue weighted by molar-refractivity contribution is -0.151. The normalized spacial score (nSPS) is 13.2. The maximum atomic E-state index is 11.6. The van der Waals surface area contributed by atoms with Crippen molar-refractivity contribution >= 4 is 12.1 Å². The molecule has 0 bridgehead atoms. The van der Waals surface area contributed by atoms with Gasteiger partial charge in [-0.15, -0.1) is 0 Å². The highest BCUT2D eigenvalue weighted by Crippen LogP contribution is 2.24. The van der Waals surface area contributed by atoms with Crippen LogP contribution in [-0.2, 0) is 23.7 Å². The molecule has 0 fully saturated rings. The molecule has 1 atom stereocenters. The van der Waals surface area contributed by atoms with E-state index in [1.54, 1.807) is 7.11 Å². The number of methoxy groups -OCH3 is 1. The number of rotatable bonds is 13. The number of carbonyl (C=O) groups is 2. The van der Waals surface area contributed by atoms with Gasteiger partial charge in [-0.2, -0.15) is 0 Å². The standard InChI is InChI=1S/C16H31NO6/c1-5-8-14(18)22-12-16(6-2,11-21-10-9-20-4)13-23-15(19)17-7-3/h5-13H2,1-4H3,(H,17,19). The fraction of sp³-hybridized carbons (Fsp3) is 0.875. The van der Waals surface area contributed by atoms with E-state index in [2.05, 4.69) is 5.32 Å². The van der Waals surface area contributed by atoms with Crippen LogP contribution in [0.2, 0.25) is 0 Å². The van der Waals surface area contributed by atoms with Gasteiger partial charge in [0.2, 0.25) is 0 Å². The summed E-state index contributed by atoms with van der Waals surface area (Å²) >= 11 is 0. The summed E-state index contributed by atoms with van der Waals surface area (Å²) in [4.78, 5) is 23.1. The summed E-state index contributed by atoms with van der Waals surface area (Å²) in [6.07, 6.45) is 1.28. The summed E-state index contributed by atoms with van der Waals surface area (Å²) in [5, 5.41) is 2.57. The van der Waals surface area contributed by atoms with Crippen molar-refractivity contribution in [2.45, 2.75) is 40.0 Å². The Kier molecular flexibility index (Phi) is 12.4. The molecule has 136 valence electrons. The van der Waals surface area contributed by atoms with Gasteiger partial charge in [0.1, 0.15) is 13.2 Å². The van der Waals surface area contributed by atoms with Gasteiger partial charge < -0.3 is 24.3 Å². The zero-order chi connectivity index (χ0) is 17.6. The van der Waals surface area contributed by atoms with Crippen LogP contribution in [0.4, 0.5) is 4.79 Å². The first kappa shape index (κ1) is 21.7. The third-order valence-corrected chi connectivity index (χ3v) is 3.41. The molecule has 0 aromatic heterocycles. The van der Waals surface area contributed by atoms with Crippen LogP contribution >= 0.6 is 0 Å². The highest BCUT2D eigenvalue weighted by molar-refractivity contribution is 5.69. The van der Waals surface area contributed by atoms with Gasteiger partial charge >= 0.3 is 12.1 Å². The van der Waals surface area contributed by atoms with E-state index in [1.807, 2.05) is 20.8 Å². The van der Waals surface area contributed by atoms with E-state index in [-0.39, 0.29) is 19.2 Å². The van der Waals surface area contributed by atoms with Crippen molar-refractivity contribution in [3.63, 3.8) is 0 Å². The molecule has 0 rings (SSSR count). The van der Waals surface area contributed by atoms with E-state index in [1.165, 1.54) is 0 Å². The van der Waals surface area contributed by atoms with Crippen LogP contribution in [0.25, 0.3) is 0 Å². The number of hydrogen-bond donors (Lipinski definition) is 1. The third kappa shape index (κ3) is 10.1. The van der Waals surface area contributed by atoms with Crippen molar-refractivity contribution in [1.82, 2.24) is 5.32 Å². The number of carbonyl (C=O) groups excluding carboxylic acids is 2. The summed E-state index contributed by atoms with van der Waals surface area (Å²) in [6, 6.07) is 0. The molecule has 23 heavy (non-hydrogen) atoms. The van der Waals surface area contributed by atoms with E-state index in [0.717, 1.165) is 6.42 Å². The predicted molar refractivity (Wildman–Crippen MR) is 86.3 cm³/mol. The number of ether oxygens (including phenoxy) is 4. The second kappa shape index (κ2) is 13.1. The molecular formula is C16H31NO6. The van der Waals surface area contributed by atoms with Crippen LogP contribution in [0.3, 0.4) is 0 Å². The van der Waals surface area contributed by atoms with E-state index < -0.39 is 11.5 Å². The summed E-state index contributed by atoms with van der Waals surface area (Å²) in [5.74, 6) is -0.250. The van der Waals surface area contributed by atoms with E-state index >= 15 is 0 Å². The van der Waals surface area contributed by atoms with Crippen LogP contribution in [-0.4, -0.2) is 58.8 Å². The molecule has 1 N–H and O–H groups in total. The Bertz CT molecular complexity index is 313. The zero-order valence-corrected chi connectivity index (χ0v) is 14.8. The molecule has 0 heterocycles. The minimum Gasteiger partial charge on any atom is -0.465 e. The van der Waals surface area contributed by atoms with Crippen molar-refractivity contribution in [3.05, 3.63) is 0 Å². The fourth-order valence-corrected chi connectivity index (χ4v) is 1.79. The van der Waals surface area contributed by atoms with Crippen molar-refractivity contribution in [1.29, 1.82) is 0 Å². The highest BCUT2D eigenvalue weighted by Gasteiger charge is 2.32. The van der Waals surface area contributed by atoms with Crippen molar-refractivity contribution < 1.29 is 28.5 Å². The molecular weight excluding hydrogens is 302 g/mol. The van der Waals surface area contributed by atoms with Gasteiger partial charge in [0, 0.05) is 20.1 Å². The summed E-state index contributed by atoms with van der Waals surface area (Å²) in [5.41, 5.74) is -0.553. The third-order valence-electron chi connectivity index (χ3n) is 3.41. The second-order valence-corrected chi connectivity index (χ2v) is 5.42. The van der Waals surface area contributed by atoms with Crippen LogP contribution in [0.5, 0.6) is 0 Å². The van der Waals surface area contributed by atoms with Crippen LogP contribution < -0.4 is 5.32 Å². The molecule has 0 aliphatic heterocycles. The summed E-state index contributed by atoms with van der Waals surface area (Å²) < 4.78 is 21.1. The quantitative estimate of drug-likeness (QED) is 0.411. The maximum Gasteiger partial charge on any atom is 0.407 e. The smallest absolute Gasteiger partial charge is 0.407 e. The lowest BCUT2D eigenvalue weighted by Gasteiger charge is -2.31. The summed E-state index contributed by atoms with van der Waals surface area (Å²) in [6.45, 7) is 7.70. The van der Waals surface area contributed by atoms with Gasteiger partial charge in [-0.25, -0.2) is 4.79 Å². The van der Waals surface area contributed by atoms with Gasteiger partial charge in [-0.3, -0.25) is 4.79 Å². The lowest BCUT2D eigenvalue weighted by atomic mass is 9.88. The molecule has 1 unspecified atom stereocenters. The van der Waals surface area contributed by atoms with Crippen molar-refractivity contribution in [2.24, 2.45) is 5.41 Å². The van der Waals surface area contributed by atoms with Gasteiger partial charge in [0.25, 0.3) is 0 Å². The molecule has 0 spiro atoms. The van der Waals surface area contributed by atoms with Gasteiger partial charge in [-0.1, -0.05) is 13.8 Å². The van der Waals surface area contributed by atoms with Crippen molar-refractivity contribution in [2.75, 3.05) is 46.7 Å². The number of nitrogens with one attached hydrogen (secondary N) is 1. The first-order chi connectivity index (χ1) is 11.0. The van der Waals surface area contributed by atoms with Crippen molar-refractivity contribution in [3.8, 4) is 0 Å². The molecule has 0 aliphatic carbocycles. The topological polar surface area (TPSA) is 83.1 Å². The Morgan fingerprint density at radius 3 is 2.26 bits per heavy atom. The predicted octanol–water partition coefficient (Wildman–Crippen LogP) is 2.14. The first-order valence-corrected chi connectivity index (χ1v) is 8.16. The molecule has 1 amide bonds. The van der Waals surface area contributed by atoms with E-state index in [0.29, 0.717) is 39.2 Å². The molecule has 0 aliphatic rings. The Morgan fingerprint density at radius 2 is 1.70 bits per heavy atom. The van der Waals surface area contributed by atoms with Gasteiger partial charge in [0.05, 0.1) is 25.2 Å². The van der Waals surface area contributed by atoms with E-state index in [4.69, 9.17) is 18.9 Å². The molecule has 7 nitrogen and oxygen atoms in total. The Morgan fingerprint density at radius 1 is 1.00 bits per heavy atom. The molecule has 0 aromatic carbocycles. The van der Waals surface area contributed by atoms with E-state index in [9.17, 15) is 9.59 Å². The van der Waals surface area contributed by atoms with Crippen LogP contribution in [0, 0.1) is 5.41 Å². The van der Waals surface area contributed by atoms with Gasteiger partial charge in [-0.05, 0) is 19.8 Å². The minimum absolute atomic E-state index is 0.127. The lowest BCUT2D eigenvalue weighted by Crippen LogP contribution is -2.40. The Labute approximate surface area is 139 Å². The maximum absolute atomic E-state index is 11.6. The Hall–Kier alpha value is -1.34. The number of alkyl carbamates (subject to hydrolysis) is 1. The Balaban J connectivity index is 4.62. The largest absolute Gasteiger partial charge is 0.465 e. The molecule has 7 heteroatoms. The highest BCUT2D eigenvalue weighted by atomic mass is 16.6. The number of esters is 1. The molecule has 0 aromatic rings. The molecule has 0 saturated heterocycles. The molecule has 0 radical (unpaired) electrons. The van der Waals surface area contributed by atoms with Crippen LogP contribution in [0.1, 0.15) is 40.0 Å².